The molecule has 0 spiro atoms. The van der Waals surface area contributed by atoms with Crippen LogP contribution in [0.3, 0.4) is 0 Å². The number of carbonyl (C=O) groups is 3. The Morgan fingerprint density at radius 3 is 0.679 bits per heavy atom. The fourth-order valence-electron chi connectivity index (χ4n) is 10.9. The van der Waals surface area contributed by atoms with Gasteiger partial charge in [-0.05, 0) is 83.5 Å². The molecule has 0 saturated carbocycles. The molecule has 81 heavy (non-hydrogen) atoms. The molecule has 6 heteroatoms. The molecule has 1 atom stereocenters. The molecule has 0 rings (SSSR count). The van der Waals surface area contributed by atoms with Crippen molar-refractivity contribution in [3.05, 3.63) is 48.6 Å². The van der Waals surface area contributed by atoms with Gasteiger partial charge in [-0.25, -0.2) is 0 Å². The maximum Gasteiger partial charge on any atom is 0.306 e. The van der Waals surface area contributed by atoms with Crippen LogP contribution in [0.15, 0.2) is 48.6 Å². The lowest BCUT2D eigenvalue weighted by molar-refractivity contribution is -0.167. The van der Waals surface area contributed by atoms with E-state index in [-0.39, 0.29) is 31.1 Å². The van der Waals surface area contributed by atoms with E-state index in [1.807, 2.05) is 0 Å². The molecular weight excluding hydrogens is 997 g/mol. The summed E-state index contributed by atoms with van der Waals surface area (Å²) in [7, 11) is 0. The Kier molecular flexibility index (Phi) is 67.6. The number of ether oxygens (including phenoxy) is 3. The smallest absolute Gasteiger partial charge is 0.306 e. The van der Waals surface area contributed by atoms with Crippen LogP contribution in [0.4, 0.5) is 0 Å². The number of rotatable bonds is 67. The highest BCUT2D eigenvalue weighted by Gasteiger charge is 2.19. The van der Waals surface area contributed by atoms with E-state index in [0.29, 0.717) is 19.3 Å². The summed E-state index contributed by atoms with van der Waals surface area (Å²) in [6, 6.07) is 0. The zero-order chi connectivity index (χ0) is 58.5. The van der Waals surface area contributed by atoms with Gasteiger partial charge < -0.3 is 14.2 Å². The summed E-state index contributed by atoms with van der Waals surface area (Å²) in [4.78, 5) is 38.2. The zero-order valence-electron chi connectivity index (χ0n) is 54.6. The summed E-state index contributed by atoms with van der Waals surface area (Å²) in [6.07, 6.45) is 88.9. The molecule has 0 aliphatic heterocycles. The molecule has 0 aromatic carbocycles. The first-order valence-corrected chi connectivity index (χ1v) is 36.1. The Morgan fingerprint density at radius 1 is 0.247 bits per heavy atom. The van der Waals surface area contributed by atoms with Crippen molar-refractivity contribution in [2.24, 2.45) is 0 Å². The molecule has 6 nitrogen and oxygen atoms in total. The van der Waals surface area contributed by atoms with Crippen LogP contribution in [0.5, 0.6) is 0 Å². The average molecular weight is 1140 g/mol. The maximum absolute atomic E-state index is 12.9. The monoisotopic (exact) mass is 1140 g/mol. The fraction of sp³-hybridized carbons (Fsp3) is 0.853. The van der Waals surface area contributed by atoms with Crippen LogP contribution in [0, 0.1) is 0 Å². The lowest BCUT2D eigenvalue weighted by Gasteiger charge is -2.18. The van der Waals surface area contributed by atoms with Gasteiger partial charge in [0.05, 0.1) is 0 Å². The van der Waals surface area contributed by atoms with Crippen molar-refractivity contribution in [1.29, 1.82) is 0 Å². The lowest BCUT2D eigenvalue weighted by atomic mass is 10.0. The van der Waals surface area contributed by atoms with Crippen molar-refractivity contribution in [2.75, 3.05) is 13.2 Å². The molecule has 0 saturated heterocycles. The SMILES string of the molecule is CCCCCCC/C=C\C/C=C\CCCCCCCCCCCCCCCCCCCC(=O)OCC(COC(=O)CCCCCCCCC)OC(=O)CCCCCCCCCCCCCCCCC/C=C\C/C=C\CCCCCCC. The fourth-order valence-corrected chi connectivity index (χ4v) is 10.9. The summed E-state index contributed by atoms with van der Waals surface area (Å²) in [5.41, 5.74) is 0. The minimum absolute atomic E-state index is 0.0679. The molecule has 0 radical (unpaired) electrons. The molecule has 0 heterocycles. The standard InChI is InChI=1S/C75H138O6/c1-4-7-10-13-16-18-20-22-24-26-28-30-32-34-36-37-39-40-42-44-46-48-50-52-54-56-59-62-65-68-74(77)80-71-72(70-79-73(76)67-64-61-58-15-12-9-6-3)81-75(78)69-66-63-60-57-55-53-51-49-47-45-43-41-38-35-33-31-29-27-25-23-21-19-17-14-11-8-5-2/h20-23,26-29,72H,4-19,24-25,30-71H2,1-3H3/b22-20-,23-21-,28-26-,29-27-. The number of esters is 3. The quantitative estimate of drug-likeness (QED) is 0.0261. The van der Waals surface area contributed by atoms with Gasteiger partial charge in [0, 0.05) is 19.3 Å². The predicted molar refractivity (Wildman–Crippen MR) is 353 cm³/mol. The van der Waals surface area contributed by atoms with Crippen LogP contribution < -0.4 is 0 Å². The summed E-state index contributed by atoms with van der Waals surface area (Å²) < 4.78 is 16.9. The number of unbranched alkanes of at least 4 members (excludes halogenated alkanes) is 48. The second-order valence-corrected chi connectivity index (χ2v) is 24.5. The van der Waals surface area contributed by atoms with Gasteiger partial charge in [-0.15, -0.1) is 0 Å². The molecule has 1 unspecified atom stereocenters. The van der Waals surface area contributed by atoms with Crippen LogP contribution in [-0.2, 0) is 28.6 Å². The number of hydrogen-bond acceptors (Lipinski definition) is 6. The second-order valence-electron chi connectivity index (χ2n) is 24.5. The minimum Gasteiger partial charge on any atom is -0.462 e. The summed E-state index contributed by atoms with van der Waals surface area (Å²) >= 11 is 0. The first kappa shape index (κ1) is 78.4. The van der Waals surface area contributed by atoms with Gasteiger partial charge in [-0.1, -0.05) is 339 Å². The van der Waals surface area contributed by atoms with Crippen LogP contribution in [0.2, 0.25) is 0 Å². The van der Waals surface area contributed by atoms with Crippen molar-refractivity contribution in [3.8, 4) is 0 Å². The lowest BCUT2D eigenvalue weighted by Crippen LogP contribution is -2.30. The van der Waals surface area contributed by atoms with E-state index in [1.165, 1.54) is 283 Å². The van der Waals surface area contributed by atoms with E-state index < -0.39 is 6.10 Å². The van der Waals surface area contributed by atoms with Gasteiger partial charge in [0.25, 0.3) is 0 Å². The summed E-state index contributed by atoms with van der Waals surface area (Å²) in [5, 5.41) is 0. The molecule has 474 valence electrons. The maximum atomic E-state index is 12.9. The van der Waals surface area contributed by atoms with Crippen molar-refractivity contribution in [3.63, 3.8) is 0 Å². The highest BCUT2D eigenvalue weighted by atomic mass is 16.6. The first-order valence-electron chi connectivity index (χ1n) is 36.1. The van der Waals surface area contributed by atoms with Gasteiger partial charge in [-0.2, -0.15) is 0 Å². The van der Waals surface area contributed by atoms with E-state index in [9.17, 15) is 14.4 Å². The van der Waals surface area contributed by atoms with E-state index in [4.69, 9.17) is 14.2 Å². The third-order valence-corrected chi connectivity index (χ3v) is 16.3. The molecular formula is C75H138O6. The molecule has 0 aliphatic rings. The van der Waals surface area contributed by atoms with E-state index in [0.717, 1.165) is 70.6 Å². The molecule has 0 aromatic rings. The van der Waals surface area contributed by atoms with Crippen molar-refractivity contribution < 1.29 is 28.6 Å². The van der Waals surface area contributed by atoms with Gasteiger partial charge in [0.1, 0.15) is 13.2 Å². The molecule has 0 fully saturated rings. The topological polar surface area (TPSA) is 78.9 Å². The third kappa shape index (κ3) is 68.0. The summed E-state index contributed by atoms with van der Waals surface area (Å²) in [6.45, 7) is 6.64. The number of carbonyl (C=O) groups excluding carboxylic acids is 3. The van der Waals surface area contributed by atoms with Gasteiger partial charge in [0.15, 0.2) is 6.10 Å². The van der Waals surface area contributed by atoms with Crippen LogP contribution in [0.1, 0.15) is 393 Å². The first-order chi connectivity index (χ1) is 40.0. The van der Waals surface area contributed by atoms with Crippen molar-refractivity contribution >= 4 is 17.9 Å². The Bertz CT molecular complexity index is 1400. The normalized spacial score (nSPS) is 12.3. The van der Waals surface area contributed by atoms with Gasteiger partial charge in [-0.3, -0.25) is 14.4 Å². The van der Waals surface area contributed by atoms with E-state index >= 15 is 0 Å². The van der Waals surface area contributed by atoms with Crippen molar-refractivity contribution in [2.45, 2.75) is 399 Å². The van der Waals surface area contributed by atoms with E-state index in [1.54, 1.807) is 0 Å². The van der Waals surface area contributed by atoms with Crippen LogP contribution in [0.25, 0.3) is 0 Å². The number of hydrogen-bond donors (Lipinski definition) is 0. The van der Waals surface area contributed by atoms with Crippen LogP contribution >= 0.6 is 0 Å². The van der Waals surface area contributed by atoms with Crippen LogP contribution in [-0.4, -0.2) is 37.2 Å². The highest BCUT2D eigenvalue weighted by Crippen LogP contribution is 2.18. The number of allylic oxidation sites excluding steroid dienone is 8. The molecule has 0 N–H and O–H groups in total. The Hall–Kier alpha value is -2.63. The largest absolute Gasteiger partial charge is 0.462 e. The van der Waals surface area contributed by atoms with Gasteiger partial charge >= 0.3 is 17.9 Å². The molecule has 0 amide bonds. The Labute approximate surface area is 505 Å². The Balaban J connectivity index is 4.02. The second kappa shape index (κ2) is 69.9. The van der Waals surface area contributed by atoms with Crippen molar-refractivity contribution in [1.82, 2.24) is 0 Å². The molecule has 0 aromatic heterocycles. The minimum atomic E-state index is -0.769. The Morgan fingerprint density at radius 2 is 0.444 bits per heavy atom. The van der Waals surface area contributed by atoms with E-state index in [2.05, 4.69) is 69.4 Å². The zero-order valence-corrected chi connectivity index (χ0v) is 54.6. The third-order valence-electron chi connectivity index (χ3n) is 16.3. The predicted octanol–water partition coefficient (Wildman–Crippen LogP) is 24.9. The highest BCUT2D eigenvalue weighted by molar-refractivity contribution is 5.71. The molecule has 0 aliphatic carbocycles. The van der Waals surface area contributed by atoms with Gasteiger partial charge in [0.2, 0.25) is 0 Å². The molecule has 0 bridgehead atoms. The summed E-state index contributed by atoms with van der Waals surface area (Å²) in [5.74, 6) is -0.850. The average Bonchev–Trinajstić information content (AvgIpc) is 3.47.